The third-order valence-electron chi connectivity index (χ3n) is 7.21. The summed E-state index contributed by atoms with van der Waals surface area (Å²) < 4.78 is 2.45. The molecule has 0 atom stereocenters. The number of rotatable bonds is 6. The first kappa shape index (κ1) is 21.5. The zero-order valence-electron chi connectivity index (χ0n) is 19.7. The minimum absolute atomic E-state index is 0.756. The van der Waals surface area contributed by atoms with E-state index in [4.69, 9.17) is 4.98 Å². The van der Waals surface area contributed by atoms with Crippen LogP contribution in [0.5, 0.6) is 0 Å². The first-order chi connectivity index (χ1) is 16.2. The molecule has 0 N–H and O–H groups in total. The van der Waals surface area contributed by atoms with Gasteiger partial charge in [-0.05, 0) is 61.8 Å². The molecular formula is C30H33N3. The Morgan fingerprint density at radius 1 is 0.909 bits per heavy atom. The van der Waals surface area contributed by atoms with Crippen molar-refractivity contribution in [3.05, 3.63) is 101 Å². The third kappa shape index (κ3) is 4.59. The van der Waals surface area contributed by atoms with E-state index in [1.54, 1.807) is 0 Å². The Kier molecular flexibility index (Phi) is 6.30. The molecule has 0 saturated carbocycles. The van der Waals surface area contributed by atoms with Gasteiger partial charge in [0.25, 0.3) is 0 Å². The molecule has 3 heteroatoms. The molecule has 168 valence electrons. The molecule has 1 aliphatic heterocycles. The molecule has 0 amide bonds. The molecule has 1 saturated heterocycles. The van der Waals surface area contributed by atoms with Crippen LogP contribution in [-0.2, 0) is 13.0 Å². The van der Waals surface area contributed by atoms with Crippen molar-refractivity contribution in [1.29, 1.82) is 0 Å². The Bertz CT molecular complexity index is 1230. The van der Waals surface area contributed by atoms with Gasteiger partial charge >= 0.3 is 0 Å². The van der Waals surface area contributed by atoms with E-state index in [0.717, 1.165) is 31.4 Å². The normalized spacial score (nSPS) is 15.0. The second-order valence-electron chi connectivity index (χ2n) is 9.28. The Morgan fingerprint density at radius 2 is 1.61 bits per heavy atom. The molecule has 1 aliphatic rings. The molecule has 2 aromatic carbocycles. The van der Waals surface area contributed by atoms with E-state index in [0.29, 0.717) is 0 Å². The molecule has 1 fully saturated rings. The molecule has 3 heterocycles. The van der Waals surface area contributed by atoms with Crippen molar-refractivity contribution in [3.8, 4) is 0 Å². The smallest absolute Gasteiger partial charge is 0.153 e. The average Bonchev–Trinajstić information content (AvgIpc) is 3.11. The van der Waals surface area contributed by atoms with Gasteiger partial charge in [-0.25, -0.2) is 4.98 Å². The number of pyridine rings is 1. The number of aromatic nitrogens is 2. The van der Waals surface area contributed by atoms with Gasteiger partial charge in [-0.15, -0.1) is 0 Å². The van der Waals surface area contributed by atoms with Crippen LogP contribution in [0.15, 0.2) is 79.0 Å². The summed E-state index contributed by atoms with van der Waals surface area (Å²) in [5.41, 5.74) is 6.67. The fraction of sp³-hybridized carbons (Fsp3) is 0.300. The zero-order chi connectivity index (χ0) is 22.6. The van der Waals surface area contributed by atoms with Gasteiger partial charge in [0, 0.05) is 36.9 Å². The lowest BCUT2D eigenvalue weighted by molar-refractivity contribution is 0.402. The summed E-state index contributed by atoms with van der Waals surface area (Å²) in [6, 6.07) is 23.6. The van der Waals surface area contributed by atoms with Crippen molar-refractivity contribution in [1.82, 2.24) is 9.55 Å². The van der Waals surface area contributed by atoms with Gasteiger partial charge in [-0.1, -0.05) is 72.8 Å². The molecule has 0 radical (unpaired) electrons. The van der Waals surface area contributed by atoms with Crippen LogP contribution in [0.25, 0.3) is 17.0 Å². The van der Waals surface area contributed by atoms with E-state index < -0.39 is 0 Å². The predicted molar refractivity (Wildman–Crippen MR) is 140 cm³/mol. The number of hydrogen-bond acceptors (Lipinski definition) is 2. The zero-order valence-corrected chi connectivity index (χ0v) is 19.7. The molecule has 0 bridgehead atoms. The van der Waals surface area contributed by atoms with Crippen LogP contribution in [0.2, 0.25) is 0 Å². The lowest BCUT2D eigenvalue weighted by Crippen LogP contribution is -2.35. The summed E-state index contributed by atoms with van der Waals surface area (Å²) in [6.07, 6.45) is 10.1. The maximum atomic E-state index is 4.90. The topological polar surface area (TPSA) is 21.1 Å². The van der Waals surface area contributed by atoms with E-state index in [-0.39, 0.29) is 0 Å². The third-order valence-corrected chi connectivity index (χ3v) is 7.21. The Morgan fingerprint density at radius 3 is 2.33 bits per heavy atom. The van der Waals surface area contributed by atoms with E-state index >= 15 is 0 Å². The molecule has 5 rings (SSSR count). The van der Waals surface area contributed by atoms with Gasteiger partial charge in [0.15, 0.2) is 5.82 Å². The largest absolute Gasteiger partial charge is 0.355 e. The maximum absolute atomic E-state index is 4.90. The van der Waals surface area contributed by atoms with Crippen molar-refractivity contribution in [3.63, 3.8) is 0 Å². The molecule has 0 aliphatic carbocycles. The minimum Gasteiger partial charge on any atom is -0.355 e. The molecule has 3 nitrogen and oxygen atoms in total. The van der Waals surface area contributed by atoms with E-state index in [1.165, 1.54) is 52.5 Å². The Balaban J connectivity index is 1.37. The second kappa shape index (κ2) is 9.66. The summed E-state index contributed by atoms with van der Waals surface area (Å²) in [5.74, 6) is 1.90. The molecule has 0 unspecified atom stereocenters. The summed E-state index contributed by atoms with van der Waals surface area (Å²) in [4.78, 5) is 7.42. The number of nitrogens with zero attached hydrogens (tertiary/aromatic N) is 3. The van der Waals surface area contributed by atoms with Gasteiger partial charge in [0.2, 0.25) is 0 Å². The Labute approximate surface area is 197 Å². The van der Waals surface area contributed by atoms with Gasteiger partial charge in [0.05, 0.1) is 5.52 Å². The highest BCUT2D eigenvalue weighted by Crippen LogP contribution is 2.34. The number of allylic oxidation sites excluding steroid dienone is 1. The van der Waals surface area contributed by atoms with Crippen molar-refractivity contribution < 1.29 is 0 Å². The van der Waals surface area contributed by atoms with Crippen molar-refractivity contribution >= 4 is 22.8 Å². The number of aryl methyl sites for hydroxylation is 1. The standard InChI is InChI=1S/C30H33N3/c1-23-24(2)33(19-9-14-25-10-5-3-6-11-25)29-28(23)15-18-31-30(29)32-20-16-27(17-21-32)22-26-12-7-4-8-13-26/h3-15,18,27H,16-17,19-22H2,1-2H3. The van der Waals surface area contributed by atoms with Gasteiger partial charge in [-0.3, -0.25) is 0 Å². The number of hydrogen-bond donors (Lipinski definition) is 0. The van der Waals surface area contributed by atoms with Crippen LogP contribution in [0.1, 0.15) is 35.2 Å². The lowest BCUT2D eigenvalue weighted by Gasteiger charge is -2.33. The molecule has 4 aromatic rings. The highest BCUT2D eigenvalue weighted by Gasteiger charge is 2.24. The fourth-order valence-corrected chi connectivity index (χ4v) is 5.19. The number of anilines is 1. The van der Waals surface area contributed by atoms with Crippen molar-refractivity contribution in [2.24, 2.45) is 5.92 Å². The van der Waals surface area contributed by atoms with Crippen LogP contribution in [0.4, 0.5) is 5.82 Å². The van der Waals surface area contributed by atoms with Crippen LogP contribution in [0, 0.1) is 19.8 Å². The summed E-state index contributed by atoms with van der Waals surface area (Å²) in [7, 11) is 0. The van der Waals surface area contributed by atoms with Crippen molar-refractivity contribution in [2.75, 3.05) is 18.0 Å². The number of benzene rings is 2. The molecule has 33 heavy (non-hydrogen) atoms. The highest BCUT2D eigenvalue weighted by molar-refractivity contribution is 5.93. The highest BCUT2D eigenvalue weighted by atomic mass is 15.2. The van der Waals surface area contributed by atoms with E-state index in [2.05, 4.69) is 102 Å². The average molecular weight is 436 g/mol. The van der Waals surface area contributed by atoms with Crippen LogP contribution < -0.4 is 4.90 Å². The predicted octanol–water partition coefficient (Wildman–Crippen LogP) is 6.83. The quantitative estimate of drug-likeness (QED) is 0.331. The second-order valence-corrected chi connectivity index (χ2v) is 9.28. The summed E-state index contributed by atoms with van der Waals surface area (Å²) in [6.45, 7) is 7.49. The molecule has 0 spiro atoms. The Hall–Kier alpha value is -3.33. The number of fused-ring (bicyclic) bond motifs is 1. The summed E-state index contributed by atoms with van der Waals surface area (Å²) in [5, 5.41) is 1.33. The van der Waals surface area contributed by atoms with Crippen LogP contribution in [0.3, 0.4) is 0 Å². The van der Waals surface area contributed by atoms with Gasteiger partial charge in [0.1, 0.15) is 0 Å². The monoisotopic (exact) mass is 435 g/mol. The SMILES string of the molecule is Cc1c(C)n(CC=Cc2ccccc2)c2c(N3CCC(Cc4ccccc4)CC3)nccc12. The lowest BCUT2D eigenvalue weighted by atomic mass is 9.90. The van der Waals surface area contributed by atoms with E-state index in [1.807, 2.05) is 6.20 Å². The number of piperidine rings is 1. The first-order valence-corrected chi connectivity index (χ1v) is 12.2. The van der Waals surface area contributed by atoms with E-state index in [9.17, 15) is 0 Å². The van der Waals surface area contributed by atoms with Gasteiger partial charge < -0.3 is 9.47 Å². The molecular weight excluding hydrogens is 402 g/mol. The van der Waals surface area contributed by atoms with Crippen molar-refractivity contribution in [2.45, 2.75) is 39.7 Å². The van der Waals surface area contributed by atoms with Crippen LogP contribution >= 0.6 is 0 Å². The first-order valence-electron chi connectivity index (χ1n) is 12.2. The van der Waals surface area contributed by atoms with Crippen LogP contribution in [-0.4, -0.2) is 22.6 Å². The van der Waals surface area contributed by atoms with Gasteiger partial charge in [-0.2, -0.15) is 0 Å². The fourth-order valence-electron chi connectivity index (χ4n) is 5.19. The maximum Gasteiger partial charge on any atom is 0.153 e. The molecule has 2 aromatic heterocycles. The summed E-state index contributed by atoms with van der Waals surface area (Å²) >= 11 is 0. The minimum atomic E-state index is 0.756.